The average Bonchev–Trinajstić information content (AvgIpc) is 3.26. The fourth-order valence-corrected chi connectivity index (χ4v) is 3.29. The molecule has 1 atom stereocenters. The van der Waals surface area contributed by atoms with E-state index in [1.165, 1.54) is 0 Å². The summed E-state index contributed by atoms with van der Waals surface area (Å²) < 4.78 is 3.93. The number of aromatic nitrogens is 7. The molecule has 4 rings (SSSR count). The molecule has 0 aliphatic carbocycles. The van der Waals surface area contributed by atoms with Crippen molar-refractivity contribution in [1.82, 2.24) is 34.5 Å². The summed E-state index contributed by atoms with van der Waals surface area (Å²) in [4.78, 5) is 10.9. The normalized spacial score (nSPS) is 17.8. The monoisotopic (exact) mass is 339 g/mol. The number of hydrogen-bond donors (Lipinski definition) is 1. The molecule has 0 amide bonds. The van der Waals surface area contributed by atoms with Gasteiger partial charge in [0, 0.05) is 44.6 Å². The van der Waals surface area contributed by atoms with Crippen LogP contribution in [0.1, 0.15) is 30.4 Å². The molecule has 25 heavy (non-hydrogen) atoms. The van der Waals surface area contributed by atoms with Gasteiger partial charge in [0.05, 0.1) is 0 Å². The molecule has 4 heterocycles. The van der Waals surface area contributed by atoms with Crippen LogP contribution in [-0.2, 0) is 13.6 Å². The zero-order valence-corrected chi connectivity index (χ0v) is 14.2. The second-order valence-electron chi connectivity index (χ2n) is 6.30. The van der Waals surface area contributed by atoms with E-state index in [4.69, 9.17) is 5.73 Å². The summed E-state index contributed by atoms with van der Waals surface area (Å²) in [5.74, 6) is 3.37. The number of nitrogens with two attached hydrogens (primary N) is 1. The van der Waals surface area contributed by atoms with Crippen molar-refractivity contribution in [3.8, 4) is 0 Å². The van der Waals surface area contributed by atoms with Crippen LogP contribution in [-0.4, -0.2) is 47.6 Å². The van der Waals surface area contributed by atoms with Gasteiger partial charge in [-0.25, -0.2) is 4.98 Å². The molecule has 9 nitrogen and oxygen atoms in total. The van der Waals surface area contributed by atoms with Gasteiger partial charge in [-0.1, -0.05) is 0 Å². The zero-order chi connectivity index (χ0) is 17.2. The number of rotatable bonds is 4. The number of nitrogen functional groups attached to an aromatic ring is 1. The van der Waals surface area contributed by atoms with E-state index < -0.39 is 0 Å². The van der Waals surface area contributed by atoms with Crippen molar-refractivity contribution in [2.45, 2.75) is 25.3 Å². The molecular weight excluding hydrogens is 318 g/mol. The Balaban J connectivity index is 1.52. The molecular formula is C16H21N9. The van der Waals surface area contributed by atoms with Gasteiger partial charge in [-0.15, -0.1) is 10.2 Å². The number of hydrogen-bond acceptors (Lipinski definition) is 7. The fourth-order valence-electron chi connectivity index (χ4n) is 3.29. The summed E-state index contributed by atoms with van der Waals surface area (Å²) in [5.41, 5.74) is 5.79. The van der Waals surface area contributed by atoms with Gasteiger partial charge in [-0.3, -0.25) is 4.68 Å². The van der Waals surface area contributed by atoms with Crippen LogP contribution < -0.4 is 10.6 Å². The van der Waals surface area contributed by atoms with Crippen LogP contribution in [0, 0.1) is 0 Å². The lowest BCUT2D eigenvalue weighted by atomic mass is 9.97. The summed E-state index contributed by atoms with van der Waals surface area (Å²) in [6, 6.07) is 3.61. The van der Waals surface area contributed by atoms with Gasteiger partial charge in [-0.2, -0.15) is 10.1 Å². The summed E-state index contributed by atoms with van der Waals surface area (Å²) >= 11 is 0. The maximum absolute atomic E-state index is 5.79. The lowest BCUT2D eigenvalue weighted by molar-refractivity contribution is 0.472. The molecule has 130 valence electrons. The van der Waals surface area contributed by atoms with E-state index in [2.05, 4.69) is 34.7 Å². The highest BCUT2D eigenvalue weighted by Crippen LogP contribution is 2.27. The molecule has 0 bridgehead atoms. The minimum Gasteiger partial charge on any atom is -0.384 e. The minimum absolute atomic E-state index is 0.294. The SMILES string of the molecule is Cn1c(Cn2cccn2)nnc1C1CCCN(c2nccc(N)n2)C1. The van der Waals surface area contributed by atoms with Gasteiger partial charge in [0.25, 0.3) is 0 Å². The molecule has 0 spiro atoms. The molecule has 1 aliphatic heterocycles. The lowest BCUT2D eigenvalue weighted by Gasteiger charge is -2.32. The Morgan fingerprint density at radius 3 is 3.00 bits per heavy atom. The third-order valence-corrected chi connectivity index (χ3v) is 4.60. The maximum Gasteiger partial charge on any atom is 0.227 e. The largest absolute Gasteiger partial charge is 0.384 e. The molecule has 1 unspecified atom stereocenters. The van der Waals surface area contributed by atoms with E-state index >= 15 is 0 Å². The predicted octanol–water partition coefficient (Wildman–Crippen LogP) is 0.816. The van der Waals surface area contributed by atoms with Crippen molar-refractivity contribution in [3.05, 3.63) is 42.4 Å². The van der Waals surface area contributed by atoms with Crippen LogP contribution in [0.15, 0.2) is 30.7 Å². The highest BCUT2D eigenvalue weighted by molar-refractivity contribution is 5.38. The molecule has 3 aromatic heterocycles. The molecule has 1 saturated heterocycles. The number of piperidine rings is 1. The molecule has 9 heteroatoms. The summed E-state index contributed by atoms with van der Waals surface area (Å²) in [6.45, 7) is 2.36. The van der Waals surface area contributed by atoms with Crippen LogP contribution in [0.4, 0.5) is 11.8 Å². The van der Waals surface area contributed by atoms with Crippen molar-refractivity contribution in [2.75, 3.05) is 23.7 Å². The molecule has 1 aliphatic rings. The number of nitrogens with zero attached hydrogens (tertiary/aromatic N) is 8. The predicted molar refractivity (Wildman–Crippen MR) is 93.0 cm³/mol. The molecule has 3 aromatic rings. The lowest BCUT2D eigenvalue weighted by Crippen LogP contribution is -2.36. The maximum atomic E-state index is 5.79. The Kier molecular flexibility index (Phi) is 4.04. The van der Waals surface area contributed by atoms with Gasteiger partial charge in [0.2, 0.25) is 5.95 Å². The van der Waals surface area contributed by atoms with Gasteiger partial charge < -0.3 is 15.2 Å². The second kappa shape index (κ2) is 6.50. The van der Waals surface area contributed by atoms with Gasteiger partial charge in [0.1, 0.15) is 18.2 Å². The third kappa shape index (κ3) is 3.17. The first-order valence-corrected chi connectivity index (χ1v) is 8.40. The van der Waals surface area contributed by atoms with Crippen LogP contribution in [0.25, 0.3) is 0 Å². The fraction of sp³-hybridized carbons (Fsp3) is 0.438. The van der Waals surface area contributed by atoms with Crippen LogP contribution >= 0.6 is 0 Å². The molecule has 2 N–H and O–H groups in total. The zero-order valence-electron chi connectivity index (χ0n) is 14.2. The quantitative estimate of drug-likeness (QED) is 0.750. The van der Waals surface area contributed by atoms with Crippen LogP contribution in [0.3, 0.4) is 0 Å². The molecule has 1 fully saturated rings. The molecule has 0 saturated carbocycles. The number of anilines is 2. The Hall–Kier alpha value is -2.97. The first kappa shape index (κ1) is 15.6. The molecule has 0 radical (unpaired) electrons. The average molecular weight is 339 g/mol. The van der Waals surface area contributed by atoms with Gasteiger partial charge in [0.15, 0.2) is 5.82 Å². The third-order valence-electron chi connectivity index (χ3n) is 4.60. The summed E-state index contributed by atoms with van der Waals surface area (Å²) in [5, 5.41) is 13.0. The summed E-state index contributed by atoms with van der Waals surface area (Å²) in [6.07, 6.45) is 7.53. The van der Waals surface area contributed by atoms with Gasteiger partial charge in [-0.05, 0) is 25.0 Å². The van der Waals surface area contributed by atoms with E-state index in [1.807, 2.05) is 24.0 Å². The van der Waals surface area contributed by atoms with E-state index in [1.54, 1.807) is 18.5 Å². The highest BCUT2D eigenvalue weighted by atomic mass is 15.3. The minimum atomic E-state index is 0.294. The highest BCUT2D eigenvalue weighted by Gasteiger charge is 2.27. The first-order valence-electron chi connectivity index (χ1n) is 8.40. The topological polar surface area (TPSA) is 104 Å². The summed E-state index contributed by atoms with van der Waals surface area (Å²) in [7, 11) is 2.02. The van der Waals surface area contributed by atoms with Crippen molar-refractivity contribution in [3.63, 3.8) is 0 Å². The Morgan fingerprint density at radius 1 is 1.28 bits per heavy atom. The Labute approximate surface area is 145 Å². The Morgan fingerprint density at radius 2 is 2.20 bits per heavy atom. The van der Waals surface area contributed by atoms with Crippen molar-refractivity contribution >= 4 is 11.8 Å². The standard InChI is InChI=1S/C16H21N9/c1-23-14(11-25-9-3-6-19-25)21-22-15(23)12-4-2-8-24(10-12)16-18-7-5-13(17)20-16/h3,5-7,9,12H,2,4,8,10-11H2,1H3,(H2,17,18,20). The van der Waals surface area contributed by atoms with E-state index in [0.717, 1.165) is 37.6 Å². The first-order chi connectivity index (χ1) is 12.2. The van der Waals surface area contributed by atoms with Crippen molar-refractivity contribution < 1.29 is 0 Å². The van der Waals surface area contributed by atoms with E-state index in [9.17, 15) is 0 Å². The van der Waals surface area contributed by atoms with Crippen LogP contribution in [0.2, 0.25) is 0 Å². The van der Waals surface area contributed by atoms with E-state index in [-0.39, 0.29) is 0 Å². The van der Waals surface area contributed by atoms with Crippen molar-refractivity contribution in [2.24, 2.45) is 7.05 Å². The molecule has 0 aromatic carbocycles. The van der Waals surface area contributed by atoms with Crippen molar-refractivity contribution in [1.29, 1.82) is 0 Å². The smallest absolute Gasteiger partial charge is 0.227 e. The Bertz CT molecular complexity index is 839. The van der Waals surface area contributed by atoms with E-state index in [0.29, 0.717) is 24.2 Å². The van der Waals surface area contributed by atoms with Crippen LogP contribution in [0.5, 0.6) is 0 Å². The second-order valence-corrected chi connectivity index (χ2v) is 6.30. The van der Waals surface area contributed by atoms with Gasteiger partial charge >= 0.3 is 0 Å².